The largest absolute Gasteiger partial charge is 0.433 e. The Morgan fingerprint density at radius 1 is 0.811 bits per heavy atom. The van der Waals surface area contributed by atoms with Gasteiger partial charge in [0, 0.05) is 23.4 Å². The Balaban J connectivity index is 2.21. The van der Waals surface area contributed by atoms with Crippen LogP contribution in [0.5, 0.6) is 0 Å². The minimum absolute atomic E-state index is 0.0187. The molecular formula is C26H24F3NO5S2. The highest BCUT2D eigenvalue weighted by Crippen LogP contribution is 2.44. The van der Waals surface area contributed by atoms with Gasteiger partial charge in [-0.25, -0.2) is 16.8 Å². The van der Waals surface area contributed by atoms with Gasteiger partial charge in [-0.15, -0.1) is 0 Å². The first-order valence-electron chi connectivity index (χ1n) is 10.9. The highest BCUT2D eigenvalue weighted by Gasteiger charge is 2.56. The molecule has 3 aromatic rings. The third-order valence-electron chi connectivity index (χ3n) is 5.38. The highest BCUT2D eigenvalue weighted by molar-refractivity contribution is 7.93. The Labute approximate surface area is 214 Å². The number of sulfonamides is 1. The maximum Gasteiger partial charge on any atom is 0.433 e. The number of para-hydroxylation sites is 1. The Morgan fingerprint density at radius 2 is 1.35 bits per heavy atom. The van der Waals surface area contributed by atoms with Crippen molar-refractivity contribution in [1.82, 2.24) is 0 Å². The molecule has 0 radical (unpaired) electrons. The Morgan fingerprint density at radius 3 is 1.86 bits per heavy atom. The van der Waals surface area contributed by atoms with Crippen LogP contribution in [0, 0.1) is 11.8 Å². The predicted molar refractivity (Wildman–Crippen MR) is 134 cm³/mol. The number of rotatable bonds is 6. The molecule has 0 fully saturated rings. The number of nitrogens with zero attached hydrogens (tertiary/aromatic N) is 1. The van der Waals surface area contributed by atoms with E-state index in [0.717, 1.165) is 16.6 Å². The third-order valence-corrected chi connectivity index (χ3v) is 8.51. The molecule has 0 saturated heterocycles. The monoisotopic (exact) mass is 551 g/mol. The molecule has 0 aliphatic heterocycles. The predicted octanol–water partition coefficient (Wildman–Crippen LogP) is 4.50. The van der Waals surface area contributed by atoms with Crippen molar-refractivity contribution < 1.29 is 35.1 Å². The number of benzene rings is 3. The van der Waals surface area contributed by atoms with Crippen molar-refractivity contribution in [2.24, 2.45) is 0 Å². The summed E-state index contributed by atoms with van der Waals surface area (Å²) in [6.45, 7) is 3.00. The van der Waals surface area contributed by atoms with Crippen molar-refractivity contribution >= 4 is 25.5 Å². The second-order valence-corrected chi connectivity index (χ2v) is 12.3. The summed E-state index contributed by atoms with van der Waals surface area (Å²) in [5.74, 6) is 4.11. The average Bonchev–Trinajstić information content (AvgIpc) is 2.82. The summed E-state index contributed by atoms with van der Waals surface area (Å²) < 4.78 is 94.2. The van der Waals surface area contributed by atoms with E-state index in [-0.39, 0.29) is 21.0 Å². The molecule has 1 N–H and O–H groups in total. The first kappa shape index (κ1) is 28.2. The zero-order valence-corrected chi connectivity index (χ0v) is 21.7. The smallest absolute Gasteiger partial charge is 0.366 e. The van der Waals surface area contributed by atoms with Gasteiger partial charge < -0.3 is 5.11 Å². The Kier molecular flexibility index (Phi) is 7.79. The van der Waals surface area contributed by atoms with Crippen molar-refractivity contribution in [1.29, 1.82) is 0 Å². The van der Waals surface area contributed by atoms with E-state index >= 15 is 0 Å². The van der Waals surface area contributed by atoms with Crippen molar-refractivity contribution in [3.63, 3.8) is 0 Å². The molecule has 0 saturated carbocycles. The van der Waals surface area contributed by atoms with Crippen LogP contribution in [0.1, 0.15) is 25.0 Å². The van der Waals surface area contributed by atoms with Gasteiger partial charge in [0.15, 0.2) is 9.84 Å². The number of sulfone groups is 1. The molecule has 11 heteroatoms. The standard InChI is InChI=1S/C26H24F3NO5S2/c1-19(2)30(37(34,35)22-9-5-4-6-10-22)24-12-8-7-11-23(24)25(31,26(27,28)29)18-17-20-13-15-21(16-14-20)36(3,32)33/h4-16,19,31H,1-3H3. The molecule has 3 aromatic carbocycles. The fraction of sp³-hybridized carbons (Fsp3) is 0.231. The molecule has 0 heterocycles. The van der Waals surface area contributed by atoms with Gasteiger partial charge in [-0.3, -0.25) is 4.31 Å². The normalized spacial score (nSPS) is 13.9. The van der Waals surface area contributed by atoms with Crippen LogP contribution in [0.2, 0.25) is 0 Å². The van der Waals surface area contributed by atoms with Gasteiger partial charge in [0.05, 0.1) is 15.5 Å². The van der Waals surface area contributed by atoms with Crippen LogP contribution < -0.4 is 4.31 Å². The average molecular weight is 552 g/mol. The summed E-state index contributed by atoms with van der Waals surface area (Å²) >= 11 is 0. The fourth-order valence-electron chi connectivity index (χ4n) is 3.60. The van der Waals surface area contributed by atoms with Crippen LogP contribution in [0.3, 0.4) is 0 Å². The topological polar surface area (TPSA) is 91.8 Å². The lowest BCUT2D eigenvalue weighted by molar-refractivity contribution is -0.240. The number of hydrogen-bond donors (Lipinski definition) is 1. The molecule has 37 heavy (non-hydrogen) atoms. The van der Waals surface area contributed by atoms with E-state index in [2.05, 4.69) is 5.92 Å². The zero-order chi connectivity index (χ0) is 27.6. The van der Waals surface area contributed by atoms with Crippen LogP contribution in [-0.2, 0) is 25.5 Å². The Bertz CT molecular complexity index is 1540. The highest BCUT2D eigenvalue weighted by atomic mass is 32.2. The second kappa shape index (κ2) is 10.2. The molecule has 0 amide bonds. The fourth-order valence-corrected chi connectivity index (χ4v) is 5.93. The quantitative estimate of drug-likeness (QED) is 0.456. The lowest BCUT2D eigenvalue weighted by Gasteiger charge is -2.34. The summed E-state index contributed by atoms with van der Waals surface area (Å²) in [7, 11) is -7.85. The first-order valence-corrected chi connectivity index (χ1v) is 14.2. The van der Waals surface area contributed by atoms with Crippen LogP contribution >= 0.6 is 0 Å². The maximum atomic E-state index is 14.4. The summed E-state index contributed by atoms with van der Waals surface area (Å²) in [5, 5.41) is 11.0. The molecule has 0 bridgehead atoms. The lowest BCUT2D eigenvalue weighted by Crippen LogP contribution is -2.44. The van der Waals surface area contributed by atoms with Crippen LogP contribution in [0.4, 0.5) is 18.9 Å². The molecule has 196 valence electrons. The van der Waals surface area contributed by atoms with Crippen LogP contribution in [0.15, 0.2) is 88.7 Å². The van der Waals surface area contributed by atoms with E-state index in [4.69, 9.17) is 0 Å². The Hall–Kier alpha value is -3.33. The summed E-state index contributed by atoms with van der Waals surface area (Å²) in [6, 6.07) is 16.0. The van der Waals surface area contributed by atoms with E-state index in [0.29, 0.717) is 0 Å². The zero-order valence-electron chi connectivity index (χ0n) is 20.1. The van der Waals surface area contributed by atoms with Crippen LogP contribution in [-0.4, -0.2) is 40.4 Å². The van der Waals surface area contributed by atoms with E-state index in [1.165, 1.54) is 80.6 Å². The van der Waals surface area contributed by atoms with Gasteiger partial charge in [0.25, 0.3) is 15.6 Å². The summed E-state index contributed by atoms with van der Waals surface area (Å²) in [6.07, 6.45) is -4.33. The lowest BCUT2D eigenvalue weighted by atomic mass is 9.91. The third kappa shape index (κ3) is 5.82. The number of alkyl halides is 3. The van der Waals surface area contributed by atoms with Crippen molar-refractivity contribution in [2.45, 2.75) is 41.5 Å². The van der Waals surface area contributed by atoms with Gasteiger partial charge in [-0.1, -0.05) is 42.3 Å². The van der Waals surface area contributed by atoms with Gasteiger partial charge in [0.1, 0.15) is 0 Å². The van der Waals surface area contributed by atoms with Crippen molar-refractivity contribution in [2.75, 3.05) is 10.6 Å². The number of hydrogen-bond acceptors (Lipinski definition) is 5. The first-order chi connectivity index (χ1) is 17.1. The number of halogens is 3. The van der Waals surface area contributed by atoms with Crippen LogP contribution in [0.25, 0.3) is 0 Å². The van der Waals surface area contributed by atoms with Gasteiger partial charge in [0.2, 0.25) is 0 Å². The molecule has 0 aromatic heterocycles. The molecule has 0 aliphatic rings. The number of aliphatic hydroxyl groups is 1. The van der Waals surface area contributed by atoms with E-state index in [9.17, 15) is 35.1 Å². The van der Waals surface area contributed by atoms with E-state index in [1.54, 1.807) is 6.07 Å². The molecule has 0 aliphatic carbocycles. The molecule has 1 atom stereocenters. The second-order valence-electron chi connectivity index (χ2n) is 8.48. The summed E-state index contributed by atoms with van der Waals surface area (Å²) in [5.41, 5.74) is -4.89. The minimum Gasteiger partial charge on any atom is -0.366 e. The summed E-state index contributed by atoms with van der Waals surface area (Å²) in [4.78, 5) is -0.181. The van der Waals surface area contributed by atoms with Gasteiger partial charge >= 0.3 is 6.18 Å². The molecule has 3 rings (SSSR count). The number of anilines is 1. The van der Waals surface area contributed by atoms with E-state index in [1.807, 2.05) is 5.92 Å². The van der Waals surface area contributed by atoms with E-state index < -0.39 is 43.2 Å². The molecule has 6 nitrogen and oxygen atoms in total. The van der Waals surface area contributed by atoms with Crippen molar-refractivity contribution in [3.05, 3.63) is 90.0 Å². The molecule has 0 spiro atoms. The molecule has 1 unspecified atom stereocenters. The molecular weight excluding hydrogens is 527 g/mol. The van der Waals surface area contributed by atoms with Crippen molar-refractivity contribution in [3.8, 4) is 11.8 Å². The SMILES string of the molecule is CC(C)N(c1ccccc1C(O)(C#Cc1ccc(S(C)(=O)=O)cc1)C(F)(F)F)S(=O)(=O)c1ccccc1. The minimum atomic E-state index is -5.32. The van der Waals surface area contributed by atoms with Gasteiger partial charge in [-0.2, -0.15) is 13.2 Å². The van der Waals surface area contributed by atoms with Gasteiger partial charge in [-0.05, 0) is 62.2 Å². The maximum absolute atomic E-state index is 14.4.